The van der Waals surface area contributed by atoms with E-state index in [9.17, 15) is 0 Å². The second-order valence-electron chi connectivity index (χ2n) is 6.79. The highest BCUT2D eigenvalue weighted by atomic mass is 16.5. The van der Waals surface area contributed by atoms with Gasteiger partial charge >= 0.3 is 0 Å². The predicted molar refractivity (Wildman–Crippen MR) is 97.2 cm³/mol. The number of rotatable bonds is 5. The average molecular weight is 337 g/mol. The van der Waals surface area contributed by atoms with E-state index < -0.39 is 0 Å². The van der Waals surface area contributed by atoms with E-state index >= 15 is 0 Å². The van der Waals surface area contributed by atoms with Crippen LogP contribution in [-0.2, 0) is 12.5 Å². The topological polar surface area (TPSA) is 49.2 Å². The van der Waals surface area contributed by atoms with Gasteiger partial charge in [0.05, 0.1) is 19.2 Å². The zero-order valence-electron chi connectivity index (χ0n) is 15.1. The predicted octanol–water partition coefficient (Wildman–Crippen LogP) is 3.70. The zero-order chi connectivity index (χ0) is 17.6. The van der Waals surface area contributed by atoms with Gasteiger partial charge in [-0.05, 0) is 54.7 Å². The molecule has 0 amide bonds. The fourth-order valence-corrected chi connectivity index (χ4v) is 3.94. The second-order valence-corrected chi connectivity index (χ2v) is 6.79. The van der Waals surface area contributed by atoms with Gasteiger partial charge in [0.1, 0.15) is 5.52 Å². The van der Waals surface area contributed by atoms with Crippen LogP contribution in [0.5, 0.6) is 11.5 Å². The Balaban J connectivity index is 1.81. The third-order valence-corrected chi connectivity index (χ3v) is 5.41. The number of hydrogen-bond donors (Lipinski definition) is 0. The lowest BCUT2D eigenvalue weighted by Gasteiger charge is -2.20. The standard InChI is InChI=1S/C20H23N3O2/c1-5-25-19-11-15(7-9-18(19)24-4)20(12-13(20)2)14-6-8-17-16(10-14)21-22-23(17)3/h6-11,13H,5,12H2,1-4H3. The molecule has 2 unspecified atom stereocenters. The van der Waals surface area contributed by atoms with Gasteiger partial charge in [-0.1, -0.05) is 24.3 Å². The summed E-state index contributed by atoms with van der Waals surface area (Å²) in [4.78, 5) is 0. The highest BCUT2D eigenvalue weighted by Gasteiger charge is 2.53. The van der Waals surface area contributed by atoms with E-state index in [-0.39, 0.29) is 5.41 Å². The van der Waals surface area contributed by atoms with Crippen LogP contribution in [0.2, 0.25) is 0 Å². The molecule has 4 rings (SSSR count). The van der Waals surface area contributed by atoms with Crippen molar-refractivity contribution in [2.75, 3.05) is 13.7 Å². The first-order valence-corrected chi connectivity index (χ1v) is 8.71. The Labute approximate surface area is 147 Å². The van der Waals surface area contributed by atoms with Crippen LogP contribution < -0.4 is 9.47 Å². The van der Waals surface area contributed by atoms with Crippen LogP contribution in [0.3, 0.4) is 0 Å². The van der Waals surface area contributed by atoms with E-state index in [1.54, 1.807) is 7.11 Å². The summed E-state index contributed by atoms with van der Waals surface area (Å²) in [5.41, 5.74) is 4.58. The van der Waals surface area contributed by atoms with Crippen molar-refractivity contribution < 1.29 is 9.47 Å². The van der Waals surface area contributed by atoms with E-state index in [4.69, 9.17) is 9.47 Å². The Bertz CT molecular complexity index is 934. The third-order valence-electron chi connectivity index (χ3n) is 5.41. The number of hydrogen-bond acceptors (Lipinski definition) is 4. The molecule has 1 aliphatic rings. The summed E-state index contributed by atoms with van der Waals surface area (Å²) < 4.78 is 13.0. The number of nitrogens with zero attached hydrogens (tertiary/aromatic N) is 3. The number of fused-ring (bicyclic) bond motifs is 1. The van der Waals surface area contributed by atoms with Gasteiger partial charge in [0.15, 0.2) is 11.5 Å². The van der Waals surface area contributed by atoms with Gasteiger partial charge in [0, 0.05) is 12.5 Å². The summed E-state index contributed by atoms with van der Waals surface area (Å²) in [5.74, 6) is 2.16. The van der Waals surface area contributed by atoms with Gasteiger partial charge in [-0.3, -0.25) is 0 Å². The molecule has 2 aromatic carbocycles. The molecule has 0 radical (unpaired) electrons. The molecule has 130 valence electrons. The summed E-state index contributed by atoms with van der Waals surface area (Å²) in [7, 11) is 3.59. The third kappa shape index (κ3) is 2.37. The molecule has 1 saturated carbocycles. The van der Waals surface area contributed by atoms with Crippen molar-refractivity contribution in [3.05, 3.63) is 47.5 Å². The van der Waals surface area contributed by atoms with Crippen LogP contribution in [-0.4, -0.2) is 28.7 Å². The van der Waals surface area contributed by atoms with E-state index in [0.717, 1.165) is 29.0 Å². The molecule has 0 bridgehead atoms. The molecule has 5 nitrogen and oxygen atoms in total. The summed E-state index contributed by atoms with van der Waals surface area (Å²) in [6.07, 6.45) is 1.12. The maximum absolute atomic E-state index is 5.79. The Kier molecular flexibility index (Phi) is 3.67. The number of methoxy groups -OCH3 is 1. The molecule has 2 atom stereocenters. The molecule has 1 fully saturated rings. The van der Waals surface area contributed by atoms with Gasteiger partial charge in [0.2, 0.25) is 0 Å². The quantitative estimate of drug-likeness (QED) is 0.712. The van der Waals surface area contributed by atoms with Crippen molar-refractivity contribution in [2.45, 2.75) is 25.7 Å². The minimum absolute atomic E-state index is 0.0177. The maximum atomic E-state index is 5.79. The van der Waals surface area contributed by atoms with Gasteiger partial charge in [0.25, 0.3) is 0 Å². The van der Waals surface area contributed by atoms with Gasteiger partial charge < -0.3 is 9.47 Å². The smallest absolute Gasteiger partial charge is 0.161 e. The molecule has 3 aromatic rings. The Morgan fingerprint density at radius 1 is 1.16 bits per heavy atom. The SMILES string of the molecule is CCOc1cc(C2(c3ccc4c(c3)nnn4C)CC2C)ccc1OC. The highest BCUT2D eigenvalue weighted by molar-refractivity contribution is 5.76. The first-order chi connectivity index (χ1) is 12.1. The Hall–Kier alpha value is -2.56. The van der Waals surface area contributed by atoms with Crippen molar-refractivity contribution in [1.29, 1.82) is 0 Å². The lowest BCUT2D eigenvalue weighted by Crippen LogP contribution is -2.12. The summed E-state index contributed by atoms with van der Waals surface area (Å²) >= 11 is 0. The maximum Gasteiger partial charge on any atom is 0.161 e. The normalized spacial score (nSPS) is 22.2. The van der Waals surface area contributed by atoms with Crippen LogP contribution in [0, 0.1) is 5.92 Å². The number of aryl methyl sites for hydroxylation is 1. The molecule has 0 N–H and O–H groups in total. The number of benzene rings is 2. The minimum Gasteiger partial charge on any atom is -0.493 e. The monoisotopic (exact) mass is 337 g/mol. The largest absolute Gasteiger partial charge is 0.493 e. The summed E-state index contributed by atoms with van der Waals surface area (Å²) in [6.45, 7) is 4.91. The van der Waals surface area contributed by atoms with Gasteiger partial charge in [-0.25, -0.2) is 4.68 Å². The van der Waals surface area contributed by atoms with Gasteiger partial charge in [-0.2, -0.15) is 0 Å². The van der Waals surface area contributed by atoms with Crippen molar-refractivity contribution in [2.24, 2.45) is 13.0 Å². The summed E-state index contributed by atoms with van der Waals surface area (Å²) in [6, 6.07) is 12.8. The van der Waals surface area contributed by atoms with E-state index in [2.05, 4.69) is 47.6 Å². The fraction of sp³-hybridized carbons (Fsp3) is 0.400. The minimum atomic E-state index is 0.0177. The molecule has 0 saturated heterocycles. The number of aromatic nitrogens is 3. The van der Waals surface area contributed by atoms with E-state index in [1.807, 2.05) is 24.7 Å². The number of ether oxygens (including phenoxy) is 2. The molecule has 1 heterocycles. The van der Waals surface area contributed by atoms with Crippen LogP contribution in [0.15, 0.2) is 36.4 Å². The first kappa shape index (κ1) is 15.9. The lowest BCUT2D eigenvalue weighted by atomic mass is 9.85. The Morgan fingerprint density at radius 3 is 2.56 bits per heavy atom. The molecule has 1 aromatic heterocycles. The van der Waals surface area contributed by atoms with Crippen molar-refractivity contribution >= 4 is 11.0 Å². The van der Waals surface area contributed by atoms with Crippen LogP contribution in [0.25, 0.3) is 11.0 Å². The van der Waals surface area contributed by atoms with E-state index in [0.29, 0.717) is 12.5 Å². The lowest BCUT2D eigenvalue weighted by molar-refractivity contribution is 0.310. The molecule has 25 heavy (non-hydrogen) atoms. The van der Waals surface area contributed by atoms with Crippen molar-refractivity contribution in [1.82, 2.24) is 15.0 Å². The second kappa shape index (κ2) is 5.76. The molecule has 1 aliphatic carbocycles. The molecular formula is C20H23N3O2. The Morgan fingerprint density at radius 2 is 1.88 bits per heavy atom. The van der Waals surface area contributed by atoms with Gasteiger partial charge in [-0.15, -0.1) is 5.10 Å². The molecule has 5 heteroatoms. The molecular weight excluding hydrogens is 314 g/mol. The zero-order valence-corrected chi connectivity index (χ0v) is 15.1. The van der Waals surface area contributed by atoms with E-state index in [1.165, 1.54) is 11.1 Å². The fourth-order valence-electron chi connectivity index (χ4n) is 3.94. The molecule has 0 aliphatic heterocycles. The van der Waals surface area contributed by atoms with Crippen LogP contribution >= 0.6 is 0 Å². The van der Waals surface area contributed by atoms with Crippen LogP contribution in [0.4, 0.5) is 0 Å². The average Bonchev–Trinajstić information content (AvgIpc) is 3.18. The highest BCUT2D eigenvalue weighted by Crippen LogP contribution is 2.59. The molecule has 0 spiro atoms. The first-order valence-electron chi connectivity index (χ1n) is 8.71. The summed E-state index contributed by atoms with van der Waals surface area (Å²) in [5, 5.41) is 8.40. The van der Waals surface area contributed by atoms with Crippen molar-refractivity contribution in [3.63, 3.8) is 0 Å². The van der Waals surface area contributed by atoms with Crippen molar-refractivity contribution in [3.8, 4) is 11.5 Å². The van der Waals surface area contributed by atoms with Crippen LogP contribution in [0.1, 0.15) is 31.4 Å².